The molecule has 0 fully saturated rings. The van der Waals surface area contributed by atoms with Crippen molar-refractivity contribution < 1.29 is 9.50 Å². The van der Waals surface area contributed by atoms with Gasteiger partial charge in [0.05, 0.1) is 5.69 Å². The lowest BCUT2D eigenvalue weighted by atomic mass is 10.1. The van der Waals surface area contributed by atoms with Gasteiger partial charge in [-0.15, -0.1) is 0 Å². The Kier molecular flexibility index (Phi) is 4.00. The molecule has 1 aromatic heterocycles. The monoisotopic (exact) mass is 208 g/mol. The summed E-state index contributed by atoms with van der Waals surface area (Å²) in [5.74, 6) is -0.226. The molecule has 0 bridgehead atoms. The highest BCUT2D eigenvalue weighted by atomic mass is 19.1. The molecule has 2 N–H and O–H groups in total. The number of aliphatic hydroxyl groups is 1. The number of halogens is 1. The van der Waals surface area contributed by atoms with Crippen LogP contribution in [0, 0.1) is 12.7 Å². The Morgan fingerprint density at radius 3 is 2.27 bits per heavy atom. The van der Waals surface area contributed by atoms with Crippen LogP contribution in [0.5, 0.6) is 0 Å². The highest BCUT2D eigenvalue weighted by Crippen LogP contribution is 2.17. The fourth-order valence-corrected chi connectivity index (χ4v) is 1.19. The number of aromatic amines is 1. The maximum atomic E-state index is 12.6. The SMILES string of the molecule is CO.Cc1cc(-c2ccc(F)cc2)n[nH]1. The van der Waals surface area contributed by atoms with Gasteiger partial charge in [-0.1, -0.05) is 0 Å². The van der Waals surface area contributed by atoms with Crippen molar-refractivity contribution >= 4 is 0 Å². The number of aliphatic hydroxyl groups excluding tert-OH is 1. The fourth-order valence-electron chi connectivity index (χ4n) is 1.19. The molecule has 1 aromatic carbocycles. The third kappa shape index (κ3) is 2.89. The largest absolute Gasteiger partial charge is 0.400 e. The topological polar surface area (TPSA) is 48.9 Å². The second kappa shape index (κ2) is 5.26. The molecule has 0 saturated carbocycles. The van der Waals surface area contributed by atoms with E-state index in [2.05, 4.69) is 10.2 Å². The van der Waals surface area contributed by atoms with Crippen molar-refractivity contribution in [3.05, 3.63) is 41.8 Å². The standard InChI is InChI=1S/C10H9FN2.CH4O/c1-7-6-10(13-12-7)8-2-4-9(11)5-3-8;1-2/h2-6H,1H3,(H,12,13);2H,1H3. The normalized spacial score (nSPS) is 9.33. The van der Waals surface area contributed by atoms with Crippen LogP contribution in [0.25, 0.3) is 11.3 Å². The summed E-state index contributed by atoms with van der Waals surface area (Å²) in [6, 6.07) is 8.21. The van der Waals surface area contributed by atoms with Crippen molar-refractivity contribution in [3.63, 3.8) is 0 Å². The van der Waals surface area contributed by atoms with E-state index in [0.29, 0.717) is 0 Å². The molecule has 0 radical (unpaired) electrons. The maximum Gasteiger partial charge on any atom is 0.123 e. The van der Waals surface area contributed by atoms with Crippen LogP contribution in [0.15, 0.2) is 30.3 Å². The van der Waals surface area contributed by atoms with Crippen molar-refractivity contribution in [1.82, 2.24) is 10.2 Å². The van der Waals surface area contributed by atoms with E-state index in [1.807, 2.05) is 13.0 Å². The third-order valence-corrected chi connectivity index (χ3v) is 1.85. The Morgan fingerprint density at radius 2 is 1.80 bits per heavy atom. The van der Waals surface area contributed by atoms with E-state index < -0.39 is 0 Å². The molecule has 0 atom stereocenters. The summed E-state index contributed by atoms with van der Waals surface area (Å²) < 4.78 is 12.6. The van der Waals surface area contributed by atoms with Crippen LogP contribution in [0.4, 0.5) is 4.39 Å². The van der Waals surface area contributed by atoms with Crippen LogP contribution in [-0.4, -0.2) is 22.4 Å². The molecule has 0 saturated heterocycles. The summed E-state index contributed by atoms with van der Waals surface area (Å²) in [4.78, 5) is 0. The molecule has 0 aliphatic heterocycles. The van der Waals surface area contributed by atoms with Gasteiger partial charge in [0.25, 0.3) is 0 Å². The summed E-state index contributed by atoms with van der Waals surface area (Å²) in [6.45, 7) is 1.93. The molecular weight excluding hydrogens is 195 g/mol. The van der Waals surface area contributed by atoms with Crippen LogP contribution in [-0.2, 0) is 0 Å². The summed E-state index contributed by atoms with van der Waals surface area (Å²) in [5, 5.41) is 13.9. The number of nitrogens with one attached hydrogen (secondary N) is 1. The van der Waals surface area contributed by atoms with E-state index in [1.165, 1.54) is 12.1 Å². The molecule has 0 aliphatic rings. The first-order valence-electron chi connectivity index (χ1n) is 4.48. The van der Waals surface area contributed by atoms with Gasteiger partial charge >= 0.3 is 0 Å². The Bertz CT molecular complexity index is 409. The number of hydrogen-bond acceptors (Lipinski definition) is 2. The van der Waals surface area contributed by atoms with Crippen LogP contribution < -0.4 is 0 Å². The van der Waals surface area contributed by atoms with Gasteiger partial charge in [-0.2, -0.15) is 5.10 Å². The highest BCUT2D eigenvalue weighted by molar-refractivity contribution is 5.58. The minimum atomic E-state index is -0.226. The quantitative estimate of drug-likeness (QED) is 0.754. The van der Waals surface area contributed by atoms with Gasteiger partial charge in [-0.3, -0.25) is 5.10 Å². The zero-order valence-electron chi connectivity index (χ0n) is 8.66. The van der Waals surface area contributed by atoms with Gasteiger partial charge < -0.3 is 5.11 Å². The summed E-state index contributed by atoms with van der Waals surface area (Å²) >= 11 is 0. The van der Waals surface area contributed by atoms with E-state index in [4.69, 9.17) is 5.11 Å². The fraction of sp³-hybridized carbons (Fsp3) is 0.182. The van der Waals surface area contributed by atoms with Gasteiger partial charge in [0.2, 0.25) is 0 Å². The molecule has 2 rings (SSSR count). The van der Waals surface area contributed by atoms with Crippen molar-refractivity contribution in [2.24, 2.45) is 0 Å². The number of benzene rings is 1. The highest BCUT2D eigenvalue weighted by Gasteiger charge is 2.00. The lowest BCUT2D eigenvalue weighted by Gasteiger charge is -1.94. The molecule has 0 amide bonds. The average Bonchev–Trinajstić information content (AvgIpc) is 2.69. The molecule has 3 nitrogen and oxygen atoms in total. The van der Waals surface area contributed by atoms with E-state index in [-0.39, 0.29) is 5.82 Å². The first-order chi connectivity index (χ1) is 7.25. The molecule has 0 unspecified atom stereocenters. The number of nitrogens with zero attached hydrogens (tertiary/aromatic N) is 1. The maximum absolute atomic E-state index is 12.6. The molecular formula is C11H13FN2O. The average molecular weight is 208 g/mol. The van der Waals surface area contributed by atoms with Crippen LogP contribution in [0.3, 0.4) is 0 Å². The lowest BCUT2D eigenvalue weighted by molar-refractivity contribution is 0.399. The van der Waals surface area contributed by atoms with Gasteiger partial charge in [-0.25, -0.2) is 4.39 Å². The summed E-state index contributed by atoms with van der Waals surface area (Å²) in [7, 11) is 1.00. The zero-order valence-corrected chi connectivity index (χ0v) is 8.66. The van der Waals surface area contributed by atoms with E-state index in [0.717, 1.165) is 24.1 Å². The number of aromatic nitrogens is 2. The lowest BCUT2D eigenvalue weighted by Crippen LogP contribution is -1.78. The molecule has 0 aliphatic carbocycles. The predicted octanol–water partition coefficient (Wildman–Crippen LogP) is 2.13. The van der Waals surface area contributed by atoms with Gasteiger partial charge in [0, 0.05) is 18.4 Å². The van der Waals surface area contributed by atoms with E-state index in [9.17, 15) is 4.39 Å². The number of hydrogen-bond donors (Lipinski definition) is 2. The minimum absolute atomic E-state index is 0.226. The van der Waals surface area contributed by atoms with Crippen molar-refractivity contribution in [3.8, 4) is 11.3 Å². The molecule has 2 aromatic rings. The smallest absolute Gasteiger partial charge is 0.123 e. The summed E-state index contributed by atoms with van der Waals surface area (Å²) in [6.07, 6.45) is 0. The molecule has 80 valence electrons. The minimum Gasteiger partial charge on any atom is -0.400 e. The Labute approximate surface area is 87.6 Å². The van der Waals surface area contributed by atoms with Crippen LogP contribution in [0.2, 0.25) is 0 Å². The van der Waals surface area contributed by atoms with Crippen LogP contribution >= 0.6 is 0 Å². The molecule has 0 spiro atoms. The van der Waals surface area contributed by atoms with Crippen molar-refractivity contribution in [2.75, 3.05) is 7.11 Å². The second-order valence-electron chi connectivity index (χ2n) is 2.94. The van der Waals surface area contributed by atoms with Crippen LogP contribution in [0.1, 0.15) is 5.69 Å². The first kappa shape index (κ1) is 11.4. The van der Waals surface area contributed by atoms with Gasteiger partial charge in [0.15, 0.2) is 0 Å². The number of H-pyrrole nitrogens is 1. The van der Waals surface area contributed by atoms with E-state index >= 15 is 0 Å². The number of aryl methyl sites for hydroxylation is 1. The second-order valence-corrected chi connectivity index (χ2v) is 2.94. The van der Waals surface area contributed by atoms with Crippen molar-refractivity contribution in [2.45, 2.75) is 6.92 Å². The van der Waals surface area contributed by atoms with Gasteiger partial charge in [-0.05, 0) is 37.3 Å². The molecule has 15 heavy (non-hydrogen) atoms. The van der Waals surface area contributed by atoms with E-state index in [1.54, 1.807) is 12.1 Å². The van der Waals surface area contributed by atoms with Crippen molar-refractivity contribution in [1.29, 1.82) is 0 Å². The Hall–Kier alpha value is -1.68. The summed E-state index contributed by atoms with van der Waals surface area (Å²) in [5.41, 5.74) is 2.77. The third-order valence-electron chi connectivity index (χ3n) is 1.85. The molecule has 4 heteroatoms. The number of rotatable bonds is 1. The first-order valence-corrected chi connectivity index (χ1v) is 4.48. The Morgan fingerprint density at radius 1 is 1.20 bits per heavy atom. The predicted molar refractivity (Wildman–Crippen MR) is 56.9 cm³/mol. The van der Waals surface area contributed by atoms with Gasteiger partial charge in [0.1, 0.15) is 5.82 Å². The molecule has 1 heterocycles. The zero-order chi connectivity index (χ0) is 11.3. The Balaban J connectivity index is 0.000000531.